The summed E-state index contributed by atoms with van der Waals surface area (Å²) in [4.78, 5) is 23.1. The summed E-state index contributed by atoms with van der Waals surface area (Å²) in [6, 6.07) is 5.59. The summed E-state index contributed by atoms with van der Waals surface area (Å²) in [6.45, 7) is 0.744. The van der Waals surface area contributed by atoms with Gasteiger partial charge in [-0.05, 0) is 49.3 Å². The molecule has 2 aliphatic rings. The first-order valence-corrected chi connectivity index (χ1v) is 8.90. The van der Waals surface area contributed by atoms with Crippen LogP contribution in [-0.4, -0.2) is 31.6 Å². The molecule has 1 aromatic carbocycles. The molecule has 0 radical (unpaired) electrons. The molecule has 1 atom stereocenters. The lowest BCUT2D eigenvalue weighted by atomic mass is 10.1. The summed E-state index contributed by atoms with van der Waals surface area (Å²) in [6.07, 6.45) is 5.43. The molecule has 1 saturated carbocycles. The molecule has 0 bridgehead atoms. The fraction of sp³-hybridized carbons (Fsp3) is 0.579. The lowest BCUT2D eigenvalue weighted by Gasteiger charge is -2.17. The molecule has 1 aliphatic heterocycles. The molecule has 0 aromatic heterocycles. The van der Waals surface area contributed by atoms with Crippen molar-refractivity contribution in [2.75, 3.05) is 13.7 Å². The van der Waals surface area contributed by atoms with Gasteiger partial charge in [-0.15, -0.1) is 0 Å². The van der Waals surface area contributed by atoms with Crippen LogP contribution in [0.4, 0.5) is 0 Å². The largest absolute Gasteiger partial charge is 0.493 e. The number of benzene rings is 1. The molecule has 6 heteroatoms. The normalized spacial score (nSPS) is 20.4. The number of carbonyl (C=O) groups excluding carboxylic acids is 2. The van der Waals surface area contributed by atoms with Crippen molar-refractivity contribution in [2.45, 2.75) is 51.2 Å². The van der Waals surface area contributed by atoms with Crippen LogP contribution in [0.3, 0.4) is 0 Å². The van der Waals surface area contributed by atoms with Crippen LogP contribution in [0.5, 0.6) is 11.5 Å². The maximum absolute atomic E-state index is 11.9. The van der Waals surface area contributed by atoms with Crippen LogP contribution in [0.15, 0.2) is 18.2 Å². The molecule has 1 amide bonds. The molecule has 1 N–H and O–H groups in total. The minimum atomic E-state index is -0.282. The summed E-state index contributed by atoms with van der Waals surface area (Å²) in [5.41, 5.74) is 0.864. The van der Waals surface area contributed by atoms with E-state index in [-0.39, 0.29) is 36.9 Å². The van der Waals surface area contributed by atoms with Gasteiger partial charge >= 0.3 is 5.97 Å². The van der Waals surface area contributed by atoms with Gasteiger partial charge in [-0.3, -0.25) is 9.59 Å². The maximum atomic E-state index is 11.9. The molecule has 3 rings (SSSR count). The molecule has 136 valence electrons. The highest BCUT2D eigenvalue weighted by Gasteiger charge is 2.24. The van der Waals surface area contributed by atoms with Crippen LogP contribution in [-0.2, 0) is 20.9 Å². The van der Waals surface area contributed by atoms with Gasteiger partial charge in [0.15, 0.2) is 11.5 Å². The summed E-state index contributed by atoms with van der Waals surface area (Å²) < 4.78 is 16.8. The highest BCUT2D eigenvalue weighted by molar-refractivity contribution is 5.79. The predicted molar refractivity (Wildman–Crippen MR) is 91.4 cm³/mol. The van der Waals surface area contributed by atoms with Crippen molar-refractivity contribution < 1.29 is 23.8 Å². The molecule has 1 aromatic rings. The van der Waals surface area contributed by atoms with E-state index in [9.17, 15) is 9.59 Å². The van der Waals surface area contributed by atoms with Gasteiger partial charge in [-0.1, -0.05) is 6.07 Å². The molecular formula is C19H25NO5. The van der Waals surface area contributed by atoms with E-state index in [2.05, 4.69) is 5.32 Å². The Morgan fingerprint density at radius 3 is 2.72 bits per heavy atom. The number of hydrogen-bond acceptors (Lipinski definition) is 5. The summed E-state index contributed by atoms with van der Waals surface area (Å²) >= 11 is 0. The van der Waals surface area contributed by atoms with Gasteiger partial charge in [-0.2, -0.15) is 0 Å². The highest BCUT2D eigenvalue weighted by Crippen LogP contribution is 2.32. The Morgan fingerprint density at radius 2 is 2.04 bits per heavy atom. The van der Waals surface area contributed by atoms with Crippen LogP contribution in [0.1, 0.15) is 44.1 Å². The molecule has 1 saturated heterocycles. The zero-order valence-electron chi connectivity index (χ0n) is 14.6. The van der Waals surface area contributed by atoms with E-state index in [1.807, 2.05) is 18.2 Å². The summed E-state index contributed by atoms with van der Waals surface area (Å²) in [5, 5.41) is 2.73. The summed E-state index contributed by atoms with van der Waals surface area (Å²) in [5.74, 6) is 1.15. The first-order valence-electron chi connectivity index (χ1n) is 8.90. The van der Waals surface area contributed by atoms with Crippen molar-refractivity contribution in [2.24, 2.45) is 5.92 Å². The molecule has 1 unspecified atom stereocenters. The number of hydrogen-bond donors (Lipinski definition) is 1. The van der Waals surface area contributed by atoms with Gasteiger partial charge in [0.1, 0.15) is 6.61 Å². The number of esters is 1. The second-order valence-corrected chi connectivity index (χ2v) is 6.75. The van der Waals surface area contributed by atoms with Gasteiger partial charge in [0.2, 0.25) is 5.91 Å². The first kappa shape index (κ1) is 17.6. The number of ether oxygens (including phenoxy) is 3. The molecule has 1 aliphatic carbocycles. The first-order chi connectivity index (χ1) is 12.1. The van der Waals surface area contributed by atoms with Crippen molar-refractivity contribution in [3.8, 4) is 11.5 Å². The minimum absolute atomic E-state index is 0.00153. The van der Waals surface area contributed by atoms with E-state index in [0.717, 1.165) is 18.4 Å². The lowest BCUT2D eigenvalue weighted by molar-refractivity contribution is -0.145. The van der Waals surface area contributed by atoms with Crippen molar-refractivity contribution in [3.63, 3.8) is 0 Å². The Balaban J connectivity index is 1.54. The van der Waals surface area contributed by atoms with Gasteiger partial charge in [0.05, 0.1) is 19.6 Å². The fourth-order valence-electron chi connectivity index (χ4n) is 3.36. The fourth-order valence-corrected chi connectivity index (χ4v) is 3.36. The van der Waals surface area contributed by atoms with Gasteiger partial charge in [0.25, 0.3) is 0 Å². The third-order valence-electron chi connectivity index (χ3n) is 4.74. The van der Waals surface area contributed by atoms with E-state index in [1.165, 1.54) is 12.8 Å². The Morgan fingerprint density at radius 1 is 1.24 bits per heavy atom. The Hall–Kier alpha value is -2.24. The third-order valence-corrected chi connectivity index (χ3v) is 4.74. The maximum Gasteiger partial charge on any atom is 0.306 e. The SMILES string of the molecule is COc1ccc(COC(=O)CC2CNC(=O)C2)cc1OC1CCCC1. The number of nitrogens with one attached hydrogen (secondary N) is 1. The second-order valence-electron chi connectivity index (χ2n) is 6.75. The Kier molecular flexibility index (Phi) is 5.79. The van der Waals surface area contributed by atoms with Crippen LogP contribution < -0.4 is 14.8 Å². The van der Waals surface area contributed by atoms with E-state index in [0.29, 0.717) is 24.5 Å². The molecule has 25 heavy (non-hydrogen) atoms. The van der Waals surface area contributed by atoms with Crippen LogP contribution in [0.25, 0.3) is 0 Å². The van der Waals surface area contributed by atoms with Crippen LogP contribution >= 0.6 is 0 Å². The summed E-state index contributed by atoms with van der Waals surface area (Å²) in [7, 11) is 1.62. The van der Waals surface area contributed by atoms with Crippen LogP contribution in [0.2, 0.25) is 0 Å². The molecule has 0 spiro atoms. The molecule has 6 nitrogen and oxygen atoms in total. The molecular weight excluding hydrogens is 322 g/mol. The predicted octanol–water partition coefficient (Wildman–Crippen LogP) is 2.59. The highest BCUT2D eigenvalue weighted by atomic mass is 16.5. The lowest BCUT2D eigenvalue weighted by Crippen LogP contribution is -2.16. The van der Waals surface area contributed by atoms with Crippen molar-refractivity contribution in [1.29, 1.82) is 0 Å². The van der Waals surface area contributed by atoms with Crippen molar-refractivity contribution in [3.05, 3.63) is 23.8 Å². The van der Waals surface area contributed by atoms with Gasteiger partial charge < -0.3 is 19.5 Å². The van der Waals surface area contributed by atoms with Crippen molar-refractivity contribution >= 4 is 11.9 Å². The average molecular weight is 347 g/mol. The third kappa shape index (κ3) is 4.87. The van der Waals surface area contributed by atoms with E-state index < -0.39 is 0 Å². The zero-order valence-corrected chi connectivity index (χ0v) is 14.6. The number of carbonyl (C=O) groups is 2. The van der Waals surface area contributed by atoms with Gasteiger partial charge in [-0.25, -0.2) is 0 Å². The van der Waals surface area contributed by atoms with Gasteiger partial charge in [0, 0.05) is 13.0 Å². The standard InChI is InChI=1S/C19H25NO5/c1-23-16-7-6-13(8-17(16)25-15-4-2-3-5-15)12-24-19(22)10-14-9-18(21)20-11-14/h6-8,14-15H,2-5,9-12H2,1H3,(H,20,21). The smallest absolute Gasteiger partial charge is 0.306 e. The Bertz CT molecular complexity index is 624. The molecule has 1 heterocycles. The van der Waals surface area contributed by atoms with E-state index in [4.69, 9.17) is 14.2 Å². The Labute approximate surface area is 147 Å². The van der Waals surface area contributed by atoms with E-state index in [1.54, 1.807) is 7.11 Å². The minimum Gasteiger partial charge on any atom is -0.493 e. The second kappa shape index (κ2) is 8.23. The number of amides is 1. The van der Waals surface area contributed by atoms with E-state index >= 15 is 0 Å². The monoisotopic (exact) mass is 347 g/mol. The van der Waals surface area contributed by atoms with Crippen molar-refractivity contribution in [1.82, 2.24) is 5.32 Å². The quantitative estimate of drug-likeness (QED) is 0.768. The number of methoxy groups -OCH3 is 1. The zero-order chi connectivity index (χ0) is 17.6. The molecule has 2 fully saturated rings. The topological polar surface area (TPSA) is 73.9 Å². The number of rotatable bonds is 7. The average Bonchev–Trinajstić information content (AvgIpc) is 3.25. The van der Waals surface area contributed by atoms with Crippen LogP contribution in [0, 0.1) is 5.92 Å².